The van der Waals surface area contributed by atoms with Gasteiger partial charge in [0.25, 0.3) is 0 Å². The molecular weight excluding hydrogens is 302 g/mol. The van der Waals surface area contributed by atoms with E-state index < -0.39 is 11.6 Å². The van der Waals surface area contributed by atoms with E-state index in [1.54, 1.807) is 6.21 Å². The summed E-state index contributed by atoms with van der Waals surface area (Å²) >= 11 is 3.32. The molecule has 2 aromatic carbocycles. The van der Waals surface area contributed by atoms with Crippen molar-refractivity contribution in [1.29, 1.82) is 0 Å². The lowest BCUT2D eigenvalue weighted by atomic mass is 10.2. The molecule has 0 spiro atoms. The molecule has 2 aromatic rings. The number of hydrazone groups is 1. The van der Waals surface area contributed by atoms with Crippen LogP contribution < -0.4 is 5.43 Å². The topological polar surface area (TPSA) is 24.4 Å². The summed E-state index contributed by atoms with van der Waals surface area (Å²) in [5.74, 6) is -1.29. The van der Waals surface area contributed by atoms with Gasteiger partial charge < -0.3 is 0 Å². The van der Waals surface area contributed by atoms with E-state index in [4.69, 9.17) is 0 Å². The Morgan fingerprint density at radius 2 is 1.78 bits per heavy atom. The molecule has 0 aromatic heterocycles. The number of nitrogens with zero attached hydrogens (tertiary/aromatic N) is 1. The first-order valence-corrected chi connectivity index (χ1v) is 5.94. The van der Waals surface area contributed by atoms with Crippen LogP contribution >= 0.6 is 15.9 Å². The van der Waals surface area contributed by atoms with Crippen LogP contribution in [0.15, 0.2) is 52.0 Å². The van der Waals surface area contributed by atoms with E-state index in [1.165, 1.54) is 12.1 Å². The first kappa shape index (κ1) is 12.7. The molecule has 0 atom stereocenters. The summed E-state index contributed by atoms with van der Waals surface area (Å²) in [6.45, 7) is 0. The summed E-state index contributed by atoms with van der Waals surface area (Å²) in [5, 5.41) is 3.88. The fraction of sp³-hybridized carbons (Fsp3) is 0. The Morgan fingerprint density at radius 3 is 2.44 bits per heavy atom. The van der Waals surface area contributed by atoms with Gasteiger partial charge >= 0.3 is 0 Å². The average molecular weight is 311 g/mol. The number of hydrogen-bond donors (Lipinski definition) is 1. The smallest absolute Gasteiger partial charge is 0.151 e. The molecule has 0 heterocycles. The molecule has 0 saturated carbocycles. The highest BCUT2D eigenvalue weighted by atomic mass is 79.9. The van der Waals surface area contributed by atoms with Gasteiger partial charge in [-0.1, -0.05) is 28.1 Å². The average Bonchev–Trinajstić information content (AvgIpc) is 2.34. The monoisotopic (exact) mass is 310 g/mol. The van der Waals surface area contributed by atoms with Crippen LogP contribution in [0.2, 0.25) is 0 Å². The highest BCUT2D eigenvalue weighted by Crippen LogP contribution is 2.14. The van der Waals surface area contributed by atoms with Gasteiger partial charge in [-0.15, -0.1) is 0 Å². The van der Waals surface area contributed by atoms with Crippen LogP contribution in [0.5, 0.6) is 0 Å². The molecule has 0 bridgehead atoms. The molecule has 1 N–H and O–H groups in total. The summed E-state index contributed by atoms with van der Waals surface area (Å²) in [5.41, 5.74) is 3.52. The highest BCUT2D eigenvalue weighted by molar-refractivity contribution is 9.10. The molecule has 0 fully saturated rings. The summed E-state index contributed by atoms with van der Waals surface area (Å²) in [4.78, 5) is 0. The van der Waals surface area contributed by atoms with Gasteiger partial charge in [-0.05, 0) is 29.8 Å². The van der Waals surface area contributed by atoms with Crippen molar-refractivity contribution in [3.05, 3.63) is 64.1 Å². The van der Waals surface area contributed by atoms with Gasteiger partial charge in [0.05, 0.1) is 11.9 Å². The van der Waals surface area contributed by atoms with E-state index in [1.807, 2.05) is 24.3 Å². The SMILES string of the molecule is Fc1ccc(NN=Cc2ccc(Br)cc2)c(F)c1. The van der Waals surface area contributed by atoms with Crippen molar-refractivity contribution < 1.29 is 8.78 Å². The Balaban J connectivity index is 2.05. The van der Waals surface area contributed by atoms with E-state index in [2.05, 4.69) is 26.5 Å². The third-order valence-electron chi connectivity index (χ3n) is 2.20. The molecule has 5 heteroatoms. The van der Waals surface area contributed by atoms with Crippen molar-refractivity contribution in [2.45, 2.75) is 0 Å². The number of halogens is 3. The van der Waals surface area contributed by atoms with Crippen LogP contribution in [0.1, 0.15) is 5.56 Å². The third-order valence-corrected chi connectivity index (χ3v) is 2.73. The maximum Gasteiger partial charge on any atom is 0.151 e. The second-order valence-electron chi connectivity index (χ2n) is 3.55. The zero-order valence-electron chi connectivity index (χ0n) is 9.20. The Morgan fingerprint density at radius 1 is 1.06 bits per heavy atom. The predicted octanol–water partition coefficient (Wildman–Crippen LogP) is 4.17. The van der Waals surface area contributed by atoms with E-state index >= 15 is 0 Å². The lowest BCUT2D eigenvalue weighted by Gasteiger charge is -2.01. The molecule has 0 saturated heterocycles. The Bertz CT molecular complexity index is 568. The van der Waals surface area contributed by atoms with Crippen LogP contribution in [-0.2, 0) is 0 Å². The van der Waals surface area contributed by atoms with Gasteiger partial charge in [0.2, 0.25) is 0 Å². The Labute approximate surface area is 111 Å². The van der Waals surface area contributed by atoms with E-state index in [0.717, 1.165) is 16.1 Å². The summed E-state index contributed by atoms with van der Waals surface area (Å²) in [6, 6.07) is 10.7. The van der Waals surface area contributed by atoms with Crippen LogP contribution in [0, 0.1) is 11.6 Å². The Kier molecular flexibility index (Phi) is 4.04. The summed E-state index contributed by atoms with van der Waals surface area (Å²) < 4.78 is 26.9. The summed E-state index contributed by atoms with van der Waals surface area (Å²) in [7, 11) is 0. The Hall–Kier alpha value is -1.75. The second kappa shape index (κ2) is 5.73. The normalized spacial score (nSPS) is 10.8. The van der Waals surface area contributed by atoms with Crippen molar-refractivity contribution in [1.82, 2.24) is 0 Å². The number of hydrogen-bond acceptors (Lipinski definition) is 2. The minimum atomic E-state index is -0.678. The number of nitrogens with one attached hydrogen (secondary N) is 1. The first-order chi connectivity index (χ1) is 8.65. The van der Waals surface area contributed by atoms with Crippen molar-refractivity contribution in [3.63, 3.8) is 0 Å². The molecular formula is C13H9BrF2N2. The van der Waals surface area contributed by atoms with E-state index in [9.17, 15) is 8.78 Å². The molecule has 0 radical (unpaired) electrons. The van der Waals surface area contributed by atoms with Gasteiger partial charge in [0.1, 0.15) is 5.82 Å². The molecule has 2 nitrogen and oxygen atoms in total. The van der Waals surface area contributed by atoms with Crippen molar-refractivity contribution in [2.75, 3.05) is 5.43 Å². The molecule has 0 aliphatic rings. The molecule has 18 heavy (non-hydrogen) atoms. The molecule has 0 aliphatic heterocycles. The first-order valence-electron chi connectivity index (χ1n) is 5.15. The van der Waals surface area contributed by atoms with Gasteiger partial charge in [0, 0.05) is 10.5 Å². The quantitative estimate of drug-likeness (QED) is 0.667. The van der Waals surface area contributed by atoms with Crippen LogP contribution in [0.3, 0.4) is 0 Å². The predicted molar refractivity (Wildman–Crippen MR) is 71.7 cm³/mol. The zero-order chi connectivity index (χ0) is 13.0. The largest absolute Gasteiger partial charge is 0.276 e. The maximum absolute atomic E-state index is 13.2. The number of benzene rings is 2. The van der Waals surface area contributed by atoms with Gasteiger partial charge in [-0.2, -0.15) is 5.10 Å². The molecule has 92 valence electrons. The van der Waals surface area contributed by atoms with E-state index in [0.29, 0.717) is 0 Å². The van der Waals surface area contributed by atoms with Crippen LogP contribution in [0.25, 0.3) is 0 Å². The van der Waals surface area contributed by atoms with E-state index in [-0.39, 0.29) is 5.69 Å². The third kappa shape index (κ3) is 3.37. The maximum atomic E-state index is 13.2. The van der Waals surface area contributed by atoms with Crippen molar-refractivity contribution in [3.8, 4) is 0 Å². The molecule has 2 rings (SSSR count). The lowest BCUT2D eigenvalue weighted by Crippen LogP contribution is -1.94. The number of anilines is 1. The second-order valence-corrected chi connectivity index (χ2v) is 4.46. The highest BCUT2D eigenvalue weighted by Gasteiger charge is 2.01. The van der Waals surface area contributed by atoms with Gasteiger partial charge in [0.15, 0.2) is 5.82 Å². The van der Waals surface area contributed by atoms with Gasteiger partial charge in [-0.25, -0.2) is 8.78 Å². The zero-order valence-corrected chi connectivity index (χ0v) is 10.8. The molecule has 0 amide bonds. The fourth-order valence-electron chi connectivity index (χ4n) is 1.31. The minimum absolute atomic E-state index is 0.129. The fourth-order valence-corrected chi connectivity index (χ4v) is 1.57. The lowest BCUT2D eigenvalue weighted by molar-refractivity contribution is 0.585. The molecule has 0 aliphatic carbocycles. The summed E-state index contributed by atoms with van der Waals surface area (Å²) in [6.07, 6.45) is 1.55. The number of rotatable bonds is 3. The van der Waals surface area contributed by atoms with Gasteiger partial charge in [-0.3, -0.25) is 5.43 Å². The van der Waals surface area contributed by atoms with Crippen molar-refractivity contribution >= 4 is 27.8 Å². The molecule has 0 unspecified atom stereocenters. The minimum Gasteiger partial charge on any atom is -0.276 e. The standard InChI is InChI=1S/C13H9BrF2N2/c14-10-3-1-9(2-4-10)8-17-18-13-6-5-11(15)7-12(13)16/h1-8,18H. The van der Waals surface area contributed by atoms with Crippen LogP contribution in [0.4, 0.5) is 14.5 Å². The van der Waals surface area contributed by atoms with Crippen LogP contribution in [-0.4, -0.2) is 6.21 Å². The van der Waals surface area contributed by atoms with Crippen molar-refractivity contribution in [2.24, 2.45) is 5.10 Å².